The molecule has 19 heavy (non-hydrogen) atoms. The summed E-state index contributed by atoms with van der Waals surface area (Å²) in [5.41, 5.74) is 0.855. The SMILES string of the molecule is CCc1ccc(C(C)Nc2ccc(Br)c(Cl)c2Cl)s1. The predicted molar refractivity (Wildman–Crippen MR) is 89.9 cm³/mol. The summed E-state index contributed by atoms with van der Waals surface area (Å²) in [7, 11) is 0. The van der Waals surface area contributed by atoms with Crippen molar-refractivity contribution in [2.45, 2.75) is 26.3 Å². The van der Waals surface area contributed by atoms with E-state index in [9.17, 15) is 0 Å². The zero-order chi connectivity index (χ0) is 14.0. The maximum absolute atomic E-state index is 6.24. The van der Waals surface area contributed by atoms with Gasteiger partial charge in [0.15, 0.2) is 0 Å². The lowest BCUT2D eigenvalue weighted by Crippen LogP contribution is -2.05. The molecular weight excluding hydrogens is 365 g/mol. The highest BCUT2D eigenvalue weighted by Gasteiger charge is 2.13. The van der Waals surface area contributed by atoms with Crippen molar-refractivity contribution < 1.29 is 0 Å². The van der Waals surface area contributed by atoms with Crippen molar-refractivity contribution in [3.05, 3.63) is 48.5 Å². The minimum absolute atomic E-state index is 0.208. The Morgan fingerprint density at radius 2 is 1.95 bits per heavy atom. The van der Waals surface area contributed by atoms with Crippen molar-refractivity contribution in [2.75, 3.05) is 5.32 Å². The summed E-state index contributed by atoms with van der Waals surface area (Å²) in [6.45, 7) is 4.29. The first-order valence-corrected chi connectivity index (χ1v) is 8.38. The Morgan fingerprint density at radius 1 is 1.21 bits per heavy atom. The lowest BCUT2D eigenvalue weighted by Gasteiger charge is -2.16. The molecule has 102 valence electrons. The molecule has 0 aliphatic rings. The van der Waals surface area contributed by atoms with Crippen LogP contribution in [0.3, 0.4) is 0 Å². The Bertz CT molecular complexity index is 583. The van der Waals surface area contributed by atoms with Crippen LogP contribution in [0.4, 0.5) is 5.69 Å². The molecule has 0 fully saturated rings. The second-order valence-corrected chi connectivity index (χ2v) is 7.06. The highest BCUT2D eigenvalue weighted by Crippen LogP contribution is 2.37. The van der Waals surface area contributed by atoms with Gasteiger partial charge in [0.05, 0.1) is 21.8 Å². The molecule has 1 nitrogen and oxygen atoms in total. The molecule has 2 aromatic rings. The predicted octanol–water partition coefficient (Wildman–Crippen LogP) is 6.55. The van der Waals surface area contributed by atoms with Gasteiger partial charge in [-0.3, -0.25) is 0 Å². The number of thiophene rings is 1. The summed E-state index contributed by atoms with van der Waals surface area (Å²) < 4.78 is 0.807. The number of aryl methyl sites for hydroxylation is 1. The fourth-order valence-electron chi connectivity index (χ4n) is 1.76. The minimum Gasteiger partial charge on any atom is -0.376 e. The second-order valence-electron chi connectivity index (χ2n) is 4.25. The first-order chi connectivity index (χ1) is 9.02. The molecule has 1 N–H and O–H groups in total. The largest absolute Gasteiger partial charge is 0.376 e. The number of halogens is 3. The molecule has 0 bridgehead atoms. The van der Waals surface area contributed by atoms with Crippen LogP contribution in [-0.4, -0.2) is 0 Å². The van der Waals surface area contributed by atoms with Crippen LogP contribution in [0.5, 0.6) is 0 Å². The monoisotopic (exact) mass is 377 g/mol. The van der Waals surface area contributed by atoms with Gasteiger partial charge in [0, 0.05) is 14.2 Å². The van der Waals surface area contributed by atoms with Crippen LogP contribution in [0, 0.1) is 0 Å². The standard InChI is InChI=1S/C14H14BrCl2NS/c1-3-9-4-7-12(19-9)8(2)18-11-6-5-10(15)13(16)14(11)17/h4-8,18H,3H2,1-2H3. The molecule has 1 heterocycles. The molecule has 1 aromatic carbocycles. The van der Waals surface area contributed by atoms with E-state index in [0.29, 0.717) is 10.0 Å². The number of hydrogen-bond acceptors (Lipinski definition) is 2. The maximum Gasteiger partial charge on any atom is 0.0835 e. The van der Waals surface area contributed by atoms with E-state index in [1.807, 2.05) is 23.5 Å². The molecule has 0 aliphatic heterocycles. The van der Waals surface area contributed by atoms with Crippen LogP contribution >= 0.6 is 50.5 Å². The third-order valence-corrected chi connectivity index (χ3v) is 6.05. The minimum atomic E-state index is 0.208. The van der Waals surface area contributed by atoms with Gasteiger partial charge in [-0.25, -0.2) is 0 Å². The van der Waals surface area contributed by atoms with Crippen LogP contribution in [0.15, 0.2) is 28.7 Å². The summed E-state index contributed by atoms with van der Waals surface area (Å²) in [6, 6.07) is 8.38. The first-order valence-electron chi connectivity index (χ1n) is 6.01. The summed E-state index contributed by atoms with van der Waals surface area (Å²) in [5.74, 6) is 0. The number of hydrogen-bond donors (Lipinski definition) is 1. The van der Waals surface area contributed by atoms with Gasteiger partial charge in [-0.15, -0.1) is 11.3 Å². The van der Waals surface area contributed by atoms with E-state index in [-0.39, 0.29) is 6.04 Å². The third-order valence-electron chi connectivity index (χ3n) is 2.86. The lowest BCUT2D eigenvalue weighted by atomic mass is 10.2. The summed E-state index contributed by atoms with van der Waals surface area (Å²) >= 11 is 17.6. The zero-order valence-electron chi connectivity index (χ0n) is 10.6. The van der Waals surface area contributed by atoms with Crippen molar-refractivity contribution in [2.24, 2.45) is 0 Å². The normalized spacial score (nSPS) is 12.5. The lowest BCUT2D eigenvalue weighted by molar-refractivity contribution is 0.908. The molecule has 0 aliphatic carbocycles. The maximum atomic E-state index is 6.24. The van der Waals surface area contributed by atoms with E-state index in [4.69, 9.17) is 23.2 Å². The number of nitrogens with one attached hydrogen (secondary N) is 1. The Balaban J connectivity index is 2.19. The van der Waals surface area contributed by atoms with Crippen LogP contribution < -0.4 is 5.32 Å². The van der Waals surface area contributed by atoms with E-state index in [0.717, 1.165) is 16.6 Å². The summed E-state index contributed by atoms with van der Waals surface area (Å²) in [4.78, 5) is 2.69. The van der Waals surface area contributed by atoms with Crippen LogP contribution in [0.25, 0.3) is 0 Å². The molecule has 0 spiro atoms. The van der Waals surface area contributed by atoms with Gasteiger partial charge in [0.1, 0.15) is 0 Å². The fourth-order valence-corrected chi connectivity index (χ4v) is 3.54. The van der Waals surface area contributed by atoms with Crippen LogP contribution in [0.1, 0.15) is 29.6 Å². The average molecular weight is 379 g/mol. The molecule has 0 saturated heterocycles. The Hall–Kier alpha value is -0.220. The van der Waals surface area contributed by atoms with Gasteiger partial charge in [-0.1, -0.05) is 30.1 Å². The number of rotatable bonds is 4. The number of benzene rings is 1. The van der Waals surface area contributed by atoms with Gasteiger partial charge >= 0.3 is 0 Å². The van der Waals surface area contributed by atoms with Crippen molar-refractivity contribution in [3.8, 4) is 0 Å². The van der Waals surface area contributed by atoms with Gasteiger partial charge in [0.2, 0.25) is 0 Å². The van der Waals surface area contributed by atoms with Gasteiger partial charge in [-0.2, -0.15) is 0 Å². The Labute approximate surface area is 136 Å². The fraction of sp³-hybridized carbons (Fsp3) is 0.286. The van der Waals surface area contributed by atoms with E-state index in [1.54, 1.807) is 0 Å². The average Bonchev–Trinajstić information content (AvgIpc) is 2.88. The highest BCUT2D eigenvalue weighted by molar-refractivity contribution is 9.10. The molecule has 1 unspecified atom stereocenters. The molecule has 0 saturated carbocycles. The molecule has 2 rings (SSSR count). The molecule has 1 aromatic heterocycles. The number of anilines is 1. The second kappa shape index (κ2) is 6.49. The first kappa shape index (κ1) is 15.2. The van der Waals surface area contributed by atoms with Gasteiger partial charge in [0.25, 0.3) is 0 Å². The third kappa shape index (κ3) is 3.46. The van der Waals surface area contributed by atoms with Crippen molar-refractivity contribution in [1.82, 2.24) is 0 Å². The van der Waals surface area contributed by atoms with Crippen molar-refractivity contribution in [3.63, 3.8) is 0 Å². The molecule has 0 amide bonds. The van der Waals surface area contributed by atoms with E-state index in [2.05, 4.69) is 47.2 Å². The zero-order valence-corrected chi connectivity index (χ0v) is 14.6. The smallest absolute Gasteiger partial charge is 0.0835 e. The van der Waals surface area contributed by atoms with Crippen molar-refractivity contribution >= 4 is 56.2 Å². The Morgan fingerprint density at radius 3 is 2.58 bits per heavy atom. The molecule has 1 atom stereocenters. The van der Waals surface area contributed by atoms with Crippen molar-refractivity contribution in [1.29, 1.82) is 0 Å². The summed E-state index contributed by atoms with van der Waals surface area (Å²) in [5, 5.41) is 4.50. The van der Waals surface area contributed by atoms with Crippen LogP contribution in [0.2, 0.25) is 10.0 Å². The van der Waals surface area contributed by atoms with E-state index in [1.165, 1.54) is 9.75 Å². The van der Waals surface area contributed by atoms with Gasteiger partial charge in [-0.05, 0) is 53.5 Å². The summed E-state index contributed by atoms with van der Waals surface area (Å²) in [6.07, 6.45) is 1.07. The molecule has 5 heteroatoms. The van der Waals surface area contributed by atoms with Gasteiger partial charge < -0.3 is 5.32 Å². The molecule has 0 radical (unpaired) electrons. The van der Waals surface area contributed by atoms with Crippen LogP contribution in [-0.2, 0) is 6.42 Å². The molecular formula is C14H14BrCl2NS. The van der Waals surface area contributed by atoms with E-state index >= 15 is 0 Å². The topological polar surface area (TPSA) is 12.0 Å². The highest BCUT2D eigenvalue weighted by atomic mass is 79.9. The van der Waals surface area contributed by atoms with E-state index < -0.39 is 0 Å². The Kier molecular flexibility index (Phi) is 5.18. The quantitative estimate of drug-likeness (QED) is 0.594.